The Morgan fingerprint density at radius 3 is 1.75 bits per heavy atom. The molecule has 0 unspecified atom stereocenters. The van der Waals surface area contributed by atoms with Crippen LogP contribution in [0.1, 0.15) is 31.8 Å². The number of phenolic OH excluding ortho intramolecular Hbond substituents is 3. The van der Waals surface area contributed by atoms with Gasteiger partial charge in [0.1, 0.15) is 29.8 Å². The number of carbonyl (C=O) groups excluding carboxylic acids is 2. The molecule has 0 saturated heterocycles. The average Bonchev–Trinajstić information content (AvgIpc) is 2.42. The summed E-state index contributed by atoms with van der Waals surface area (Å²) in [5.41, 5.74) is 1.47. The molecule has 0 aliphatic heterocycles. The van der Waals surface area contributed by atoms with Gasteiger partial charge in [0, 0.05) is 35.2 Å². The Balaban J connectivity index is 2.44. The molecule has 0 spiro atoms. The summed E-state index contributed by atoms with van der Waals surface area (Å²) in [6.45, 7) is 0. The number of carbonyl (C=O) groups is 2. The highest BCUT2D eigenvalue weighted by molar-refractivity contribution is 5.82. The summed E-state index contributed by atoms with van der Waals surface area (Å²) in [4.78, 5) is 21.6. The van der Waals surface area contributed by atoms with E-state index in [1.165, 1.54) is 6.07 Å². The van der Waals surface area contributed by atoms with Gasteiger partial charge in [-0.25, -0.2) is 0 Å². The quantitative estimate of drug-likeness (QED) is 0.740. The van der Waals surface area contributed by atoms with Gasteiger partial charge in [-0.1, -0.05) is 0 Å². The third kappa shape index (κ3) is 2.77. The van der Waals surface area contributed by atoms with Crippen LogP contribution in [0.5, 0.6) is 17.2 Å². The molecule has 0 aliphatic rings. The standard InChI is InChI=1S/C15H12O5/c16-7-10-1-9(2-11(3-10)8-17)4-13-14(19)5-12(18)6-15(13)20/h1-3,5-8,18-20H,4H2. The lowest BCUT2D eigenvalue weighted by Crippen LogP contribution is -1.95. The minimum Gasteiger partial charge on any atom is -0.508 e. The second-order valence-corrected chi connectivity index (χ2v) is 4.38. The van der Waals surface area contributed by atoms with E-state index in [0.717, 1.165) is 12.1 Å². The summed E-state index contributed by atoms with van der Waals surface area (Å²) >= 11 is 0. The van der Waals surface area contributed by atoms with E-state index in [0.29, 0.717) is 29.3 Å². The fraction of sp³-hybridized carbons (Fsp3) is 0.0667. The first kappa shape index (κ1) is 13.6. The minimum absolute atomic E-state index is 0.125. The maximum Gasteiger partial charge on any atom is 0.150 e. The van der Waals surface area contributed by atoms with E-state index in [1.807, 2.05) is 0 Å². The van der Waals surface area contributed by atoms with Crippen LogP contribution in [0, 0.1) is 0 Å². The van der Waals surface area contributed by atoms with Crippen molar-refractivity contribution in [1.29, 1.82) is 0 Å². The summed E-state index contributed by atoms with van der Waals surface area (Å²) in [5.74, 6) is -0.766. The highest BCUT2D eigenvalue weighted by Crippen LogP contribution is 2.33. The Morgan fingerprint density at radius 1 is 0.800 bits per heavy atom. The highest BCUT2D eigenvalue weighted by atomic mass is 16.3. The summed E-state index contributed by atoms with van der Waals surface area (Å²) in [7, 11) is 0. The van der Waals surface area contributed by atoms with Crippen LogP contribution >= 0.6 is 0 Å². The maximum atomic E-state index is 10.8. The molecule has 0 amide bonds. The van der Waals surface area contributed by atoms with Crippen LogP contribution in [-0.2, 0) is 6.42 Å². The van der Waals surface area contributed by atoms with Crippen molar-refractivity contribution in [3.8, 4) is 17.2 Å². The van der Waals surface area contributed by atoms with Crippen LogP contribution in [0.25, 0.3) is 0 Å². The highest BCUT2D eigenvalue weighted by Gasteiger charge is 2.11. The molecule has 2 rings (SSSR count). The Bertz CT molecular complexity index is 627. The molecule has 5 heteroatoms. The minimum atomic E-state index is -0.258. The van der Waals surface area contributed by atoms with Crippen LogP contribution in [-0.4, -0.2) is 27.9 Å². The zero-order valence-electron chi connectivity index (χ0n) is 10.4. The Morgan fingerprint density at radius 2 is 1.30 bits per heavy atom. The molecule has 0 saturated carbocycles. The first-order valence-corrected chi connectivity index (χ1v) is 5.81. The summed E-state index contributed by atoms with van der Waals surface area (Å²) in [6.07, 6.45) is 1.36. The molecule has 0 atom stereocenters. The molecule has 102 valence electrons. The zero-order chi connectivity index (χ0) is 14.7. The van der Waals surface area contributed by atoms with E-state index in [1.54, 1.807) is 12.1 Å². The fourth-order valence-electron chi connectivity index (χ4n) is 2.00. The number of aromatic hydroxyl groups is 3. The Hall–Kier alpha value is -2.82. The van der Waals surface area contributed by atoms with Gasteiger partial charge in [0.15, 0.2) is 0 Å². The first-order valence-electron chi connectivity index (χ1n) is 5.81. The van der Waals surface area contributed by atoms with Crippen molar-refractivity contribution in [2.75, 3.05) is 0 Å². The van der Waals surface area contributed by atoms with Crippen molar-refractivity contribution in [3.63, 3.8) is 0 Å². The third-order valence-electron chi connectivity index (χ3n) is 2.88. The average molecular weight is 272 g/mol. The zero-order valence-corrected chi connectivity index (χ0v) is 10.4. The molecule has 20 heavy (non-hydrogen) atoms. The van der Waals surface area contributed by atoms with Gasteiger partial charge in [0.05, 0.1) is 0 Å². The number of hydrogen-bond acceptors (Lipinski definition) is 5. The molecule has 0 heterocycles. The maximum absolute atomic E-state index is 10.8. The van der Waals surface area contributed by atoms with E-state index >= 15 is 0 Å². The van der Waals surface area contributed by atoms with Crippen LogP contribution in [0.15, 0.2) is 30.3 Å². The smallest absolute Gasteiger partial charge is 0.150 e. The van der Waals surface area contributed by atoms with E-state index in [9.17, 15) is 24.9 Å². The topological polar surface area (TPSA) is 94.8 Å². The van der Waals surface area contributed by atoms with E-state index < -0.39 is 0 Å². The van der Waals surface area contributed by atoms with Gasteiger partial charge in [-0.3, -0.25) is 9.59 Å². The third-order valence-corrected chi connectivity index (χ3v) is 2.88. The number of rotatable bonds is 4. The lowest BCUT2D eigenvalue weighted by Gasteiger charge is -2.09. The molecule has 2 aromatic carbocycles. The fourth-order valence-corrected chi connectivity index (χ4v) is 2.00. The number of hydrogen-bond donors (Lipinski definition) is 3. The second kappa shape index (κ2) is 5.44. The van der Waals surface area contributed by atoms with Gasteiger partial charge in [0.2, 0.25) is 0 Å². The second-order valence-electron chi connectivity index (χ2n) is 4.38. The van der Waals surface area contributed by atoms with Gasteiger partial charge >= 0.3 is 0 Å². The van der Waals surface area contributed by atoms with Crippen molar-refractivity contribution in [2.24, 2.45) is 0 Å². The monoisotopic (exact) mass is 272 g/mol. The van der Waals surface area contributed by atoms with Gasteiger partial charge in [-0.05, 0) is 23.8 Å². The normalized spacial score (nSPS) is 10.2. The molecule has 3 N–H and O–H groups in total. The van der Waals surface area contributed by atoms with Crippen LogP contribution in [0.3, 0.4) is 0 Å². The molecule has 0 fully saturated rings. The van der Waals surface area contributed by atoms with Crippen molar-refractivity contribution >= 4 is 12.6 Å². The van der Waals surface area contributed by atoms with E-state index in [-0.39, 0.29) is 29.2 Å². The van der Waals surface area contributed by atoms with Crippen molar-refractivity contribution < 1.29 is 24.9 Å². The molecule has 0 radical (unpaired) electrons. The summed E-state index contributed by atoms with van der Waals surface area (Å²) in [5, 5.41) is 28.7. The molecule has 0 bridgehead atoms. The Kier molecular flexibility index (Phi) is 3.70. The van der Waals surface area contributed by atoms with Gasteiger partial charge < -0.3 is 15.3 Å². The van der Waals surface area contributed by atoms with Gasteiger partial charge in [-0.15, -0.1) is 0 Å². The van der Waals surface area contributed by atoms with Crippen molar-refractivity contribution in [2.45, 2.75) is 6.42 Å². The molecular weight excluding hydrogens is 260 g/mol. The lowest BCUT2D eigenvalue weighted by molar-refractivity contribution is 0.112. The van der Waals surface area contributed by atoms with Crippen molar-refractivity contribution in [3.05, 3.63) is 52.6 Å². The predicted molar refractivity (Wildman–Crippen MR) is 71.5 cm³/mol. The molecular formula is C15H12O5. The van der Waals surface area contributed by atoms with E-state index in [4.69, 9.17) is 0 Å². The summed E-state index contributed by atoms with van der Waals surface area (Å²) in [6, 6.07) is 6.79. The molecule has 2 aromatic rings. The number of phenols is 3. The lowest BCUT2D eigenvalue weighted by atomic mass is 9.99. The first-order chi connectivity index (χ1) is 9.53. The van der Waals surface area contributed by atoms with E-state index in [2.05, 4.69) is 0 Å². The molecule has 0 aliphatic carbocycles. The predicted octanol–water partition coefficient (Wildman–Crippen LogP) is 2.02. The number of aldehydes is 2. The SMILES string of the molecule is O=Cc1cc(C=O)cc(Cc2c(O)cc(O)cc2O)c1. The van der Waals surface area contributed by atoms with Gasteiger partial charge in [0.25, 0.3) is 0 Å². The van der Waals surface area contributed by atoms with Crippen LogP contribution in [0.4, 0.5) is 0 Å². The largest absolute Gasteiger partial charge is 0.508 e. The summed E-state index contributed by atoms with van der Waals surface area (Å²) < 4.78 is 0. The Labute approximate surface area is 114 Å². The molecule has 5 nitrogen and oxygen atoms in total. The number of benzene rings is 2. The van der Waals surface area contributed by atoms with Crippen molar-refractivity contribution in [1.82, 2.24) is 0 Å². The van der Waals surface area contributed by atoms with Crippen LogP contribution in [0.2, 0.25) is 0 Å². The molecule has 0 aromatic heterocycles. The van der Waals surface area contributed by atoms with Crippen LogP contribution < -0.4 is 0 Å². The van der Waals surface area contributed by atoms with Gasteiger partial charge in [-0.2, -0.15) is 0 Å².